The zero-order valence-electron chi connectivity index (χ0n) is 17.2. The van der Waals surface area contributed by atoms with Crippen LogP contribution in [0.4, 0.5) is 0 Å². The van der Waals surface area contributed by atoms with E-state index in [2.05, 4.69) is 36.5 Å². The molecule has 0 saturated carbocycles. The Hall–Kier alpha value is -2.11. The second-order valence-electron chi connectivity index (χ2n) is 7.04. The van der Waals surface area contributed by atoms with Crippen LogP contribution in [0.15, 0.2) is 24.3 Å². The standard InChI is InChI=1S/C22H37NO5/c1-2-3-4-5-6-7-8-9-10-11-12-13-14-15-16-17-20(24)23-19(22(27)28)18-21(25)26/h6-7,9-10,19H,2-5,8,11-18H2,1H3,(H,23,24)(H,25,26)(H,27,28)/b7-6-,10-9-/t19-/m0/s1. The molecule has 0 aliphatic rings. The zero-order chi connectivity index (χ0) is 21.0. The number of aliphatic carboxylic acids is 2. The van der Waals surface area contributed by atoms with E-state index < -0.39 is 30.3 Å². The molecule has 0 aliphatic heterocycles. The maximum absolute atomic E-state index is 11.7. The Morgan fingerprint density at radius 1 is 0.821 bits per heavy atom. The molecule has 1 atom stereocenters. The van der Waals surface area contributed by atoms with Crippen molar-refractivity contribution in [3.63, 3.8) is 0 Å². The number of allylic oxidation sites excluding steroid dienone is 4. The lowest BCUT2D eigenvalue weighted by Gasteiger charge is -2.12. The fraction of sp³-hybridized carbons (Fsp3) is 0.682. The van der Waals surface area contributed by atoms with Gasteiger partial charge in [-0.25, -0.2) is 4.79 Å². The molecule has 0 unspecified atom stereocenters. The number of hydrogen-bond donors (Lipinski definition) is 3. The van der Waals surface area contributed by atoms with Gasteiger partial charge >= 0.3 is 11.9 Å². The Bertz CT molecular complexity index is 499. The minimum atomic E-state index is -1.36. The fourth-order valence-corrected chi connectivity index (χ4v) is 2.74. The van der Waals surface area contributed by atoms with Gasteiger partial charge in [0, 0.05) is 6.42 Å². The van der Waals surface area contributed by atoms with E-state index in [1.165, 1.54) is 25.7 Å². The van der Waals surface area contributed by atoms with E-state index in [0.29, 0.717) is 6.42 Å². The van der Waals surface area contributed by atoms with Gasteiger partial charge < -0.3 is 15.5 Å². The van der Waals surface area contributed by atoms with Crippen molar-refractivity contribution in [1.29, 1.82) is 0 Å². The number of carbonyl (C=O) groups is 3. The normalized spacial score (nSPS) is 12.5. The number of amides is 1. The number of carboxylic acid groups (broad SMARTS) is 2. The highest BCUT2D eigenvalue weighted by Gasteiger charge is 2.22. The first-order chi connectivity index (χ1) is 13.5. The van der Waals surface area contributed by atoms with Gasteiger partial charge in [0.1, 0.15) is 6.04 Å². The first-order valence-corrected chi connectivity index (χ1v) is 10.5. The van der Waals surface area contributed by atoms with Crippen LogP contribution in [0.2, 0.25) is 0 Å². The highest BCUT2D eigenvalue weighted by Crippen LogP contribution is 2.08. The predicted molar refractivity (Wildman–Crippen MR) is 111 cm³/mol. The molecule has 0 aromatic heterocycles. The second-order valence-corrected chi connectivity index (χ2v) is 7.04. The van der Waals surface area contributed by atoms with Crippen molar-refractivity contribution >= 4 is 17.8 Å². The van der Waals surface area contributed by atoms with Crippen molar-refractivity contribution in [1.82, 2.24) is 5.32 Å². The molecule has 0 rings (SSSR count). The van der Waals surface area contributed by atoms with Crippen molar-refractivity contribution in [2.24, 2.45) is 0 Å². The van der Waals surface area contributed by atoms with Crippen molar-refractivity contribution in [3.8, 4) is 0 Å². The van der Waals surface area contributed by atoms with E-state index in [1.54, 1.807) is 0 Å². The molecule has 0 bridgehead atoms. The summed E-state index contributed by atoms with van der Waals surface area (Å²) in [6.07, 6.45) is 20.5. The maximum atomic E-state index is 11.7. The Balaban J connectivity index is 3.58. The van der Waals surface area contributed by atoms with Crippen LogP contribution in [0.25, 0.3) is 0 Å². The van der Waals surface area contributed by atoms with Crippen LogP contribution >= 0.6 is 0 Å². The molecule has 0 spiro atoms. The smallest absolute Gasteiger partial charge is 0.326 e. The fourth-order valence-electron chi connectivity index (χ4n) is 2.74. The van der Waals surface area contributed by atoms with Crippen LogP contribution in [-0.4, -0.2) is 34.1 Å². The number of nitrogens with one attached hydrogen (secondary N) is 1. The molecule has 0 fully saturated rings. The number of unbranched alkanes of at least 4 members (excludes halogenated alkanes) is 8. The molecule has 0 aliphatic carbocycles. The summed E-state index contributed by atoms with van der Waals surface area (Å²) in [5, 5.41) is 19.8. The first kappa shape index (κ1) is 25.9. The molecular formula is C22H37NO5. The van der Waals surface area contributed by atoms with E-state index in [9.17, 15) is 14.4 Å². The van der Waals surface area contributed by atoms with E-state index in [4.69, 9.17) is 10.2 Å². The van der Waals surface area contributed by atoms with Gasteiger partial charge in [0.2, 0.25) is 5.91 Å². The molecule has 0 aromatic rings. The Morgan fingerprint density at radius 2 is 1.39 bits per heavy atom. The van der Waals surface area contributed by atoms with Crippen LogP contribution in [0.1, 0.15) is 90.4 Å². The monoisotopic (exact) mass is 395 g/mol. The summed E-state index contributed by atoms with van der Waals surface area (Å²) in [7, 11) is 0. The third kappa shape index (κ3) is 17.3. The highest BCUT2D eigenvalue weighted by atomic mass is 16.4. The maximum Gasteiger partial charge on any atom is 0.326 e. The van der Waals surface area contributed by atoms with Crippen LogP contribution in [0.5, 0.6) is 0 Å². The molecule has 6 heteroatoms. The molecular weight excluding hydrogens is 358 g/mol. The van der Waals surface area contributed by atoms with Crippen molar-refractivity contribution in [2.75, 3.05) is 0 Å². The van der Waals surface area contributed by atoms with Gasteiger partial charge in [-0.3, -0.25) is 9.59 Å². The van der Waals surface area contributed by atoms with Crippen molar-refractivity contribution in [2.45, 2.75) is 96.4 Å². The minimum absolute atomic E-state index is 0.230. The van der Waals surface area contributed by atoms with E-state index in [-0.39, 0.29) is 6.42 Å². The van der Waals surface area contributed by atoms with Gasteiger partial charge in [0.15, 0.2) is 0 Å². The summed E-state index contributed by atoms with van der Waals surface area (Å²) in [4.78, 5) is 33.2. The lowest BCUT2D eigenvalue weighted by Crippen LogP contribution is -2.42. The van der Waals surface area contributed by atoms with Crippen LogP contribution < -0.4 is 5.32 Å². The number of hydrogen-bond acceptors (Lipinski definition) is 3. The average Bonchev–Trinajstić information content (AvgIpc) is 2.64. The van der Waals surface area contributed by atoms with Gasteiger partial charge in [-0.15, -0.1) is 0 Å². The highest BCUT2D eigenvalue weighted by molar-refractivity contribution is 5.86. The average molecular weight is 396 g/mol. The summed E-state index contributed by atoms with van der Waals surface area (Å²) in [5.74, 6) is -2.97. The molecule has 0 aromatic carbocycles. The molecule has 160 valence electrons. The first-order valence-electron chi connectivity index (χ1n) is 10.5. The topological polar surface area (TPSA) is 104 Å². The lowest BCUT2D eigenvalue weighted by molar-refractivity contribution is -0.147. The molecule has 0 radical (unpaired) electrons. The van der Waals surface area contributed by atoms with Gasteiger partial charge in [0.05, 0.1) is 6.42 Å². The van der Waals surface area contributed by atoms with Gasteiger partial charge in [-0.2, -0.15) is 0 Å². The Kier molecular flexibility index (Phi) is 16.9. The largest absolute Gasteiger partial charge is 0.481 e. The van der Waals surface area contributed by atoms with Crippen molar-refractivity contribution in [3.05, 3.63) is 24.3 Å². The van der Waals surface area contributed by atoms with Gasteiger partial charge in [-0.05, 0) is 38.5 Å². The van der Waals surface area contributed by atoms with Crippen molar-refractivity contribution < 1.29 is 24.6 Å². The summed E-state index contributed by atoms with van der Waals surface area (Å²) in [6, 6.07) is -1.36. The van der Waals surface area contributed by atoms with Crippen LogP contribution in [0.3, 0.4) is 0 Å². The molecule has 6 nitrogen and oxygen atoms in total. The molecule has 0 heterocycles. The van der Waals surface area contributed by atoms with Crippen LogP contribution in [0, 0.1) is 0 Å². The third-order valence-electron chi connectivity index (χ3n) is 4.37. The quantitative estimate of drug-likeness (QED) is 0.227. The zero-order valence-corrected chi connectivity index (χ0v) is 17.2. The Morgan fingerprint density at radius 3 is 1.96 bits per heavy atom. The van der Waals surface area contributed by atoms with Gasteiger partial charge in [-0.1, -0.05) is 63.3 Å². The summed E-state index contributed by atoms with van der Waals surface area (Å²) >= 11 is 0. The van der Waals surface area contributed by atoms with Gasteiger partial charge in [0.25, 0.3) is 0 Å². The van der Waals surface area contributed by atoms with E-state index in [0.717, 1.165) is 38.5 Å². The van der Waals surface area contributed by atoms with E-state index >= 15 is 0 Å². The molecule has 0 saturated heterocycles. The SMILES string of the molecule is CCCCC/C=C\C/C=C\CCCCCCCC(=O)N[C@@H](CC(=O)O)C(=O)O. The summed E-state index contributed by atoms with van der Waals surface area (Å²) < 4.78 is 0. The number of rotatable bonds is 18. The summed E-state index contributed by atoms with van der Waals surface area (Å²) in [5.41, 5.74) is 0. The number of carbonyl (C=O) groups excluding carboxylic acids is 1. The second kappa shape index (κ2) is 18.3. The third-order valence-corrected chi connectivity index (χ3v) is 4.37. The Labute approximate surface area is 169 Å². The molecule has 28 heavy (non-hydrogen) atoms. The predicted octanol–water partition coefficient (Wildman–Crippen LogP) is 4.84. The van der Waals surface area contributed by atoms with Crippen LogP contribution in [-0.2, 0) is 14.4 Å². The van der Waals surface area contributed by atoms with E-state index in [1.807, 2.05) is 0 Å². The molecule has 1 amide bonds. The number of carboxylic acids is 2. The summed E-state index contributed by atoms with van der Waals surface area (Å²) in [6.45, 7) is 2.21. The lowest BCUT2D eigenvalue weighted by atomic mass is 10.1. The minimum Gasteiger partial charge on any atom is -0.481 e. The molecule has 3 N–H and O–H groups in total.